The van der Waals surface area contributed by atoms with Gasteiger partial charge in [-0.2, -0.15) is 5.26 Å². The van der Waals surface area contributed by atoms with Crippen LogP contribution in [0.15, 0.2) is 18.2 Å². The zero-order chi connectivity index (χ0) is 12.1. The smallest absolute Gasteiger partial charge is 0.101 e. The van der Waals surface area contributed by atoms with Crippen LogP contribution in [0, 0.1) is 11.3 Å². The lowest BCUT2D eigenvalue weighted by Crippen LogP contribution is -2.21. The average Bonchev–Trinajstić information content (AvgIpc) is 2.26. The quantitative estimate of drug-likeness (QED) is 0.774. The molecule has 2 unspecified atom stereocenters. The minimum Gasteiger partial charge on any atom is -0.399 e. The summed E-state index contributed by atoms with van der Waals surface area (Å²) in [6, 6.07) is 7.19. The molecule has 0 aliphatic carbocycles. The number of hydrogen-bond acceptors (Lipinski definition) is 4. The topological polar surface area (TPSA) is 78.9 Å². The molecule has 0 aliphatic heterocycles. The first-order chi connectivity index (χ1) is 7.54. The second-order valence-electron chi connectivity index (χ2n) is 3.61. The van der Waals surface area contributed by atoms with Gasteiger partial charge in [0.15, 0.2) is 0 Å². The molecule has 1 aromatic carbocycles. The van der Waals surface area contributed by atoms with Crippen LogP contribution in [-0.2, 0) is 10.8 Å². The minimum atomic E-state index is -0.867. The summed E-state index contributed by atoms with van der Waals surface area (Å²) in [6.07, 6.45) is 1.67. The van der Waals surface area contributed by atoms with Gasteiger partial charge in [0.1, 0.15) is 6.07 Å². The number of anilines is 2. The summed E-state index contributed by atoms with van der Waals surface area (Å²) in [4.78, 5) is 0. The van der Waals surface area contributed by atoms with Crippen LogP contribution in [0.3, 0.4) is 0 Å². The molecule has 0 bridgehead atoms. The first-order valence-corrected chi connectivity index (χ1v) is 6.52. The average molecular weight is 237 g/mol. The molecule has 0 heterocycles. The Kier molecular flexibility index (Phi) is 4.32. The third-order valence-electron chi connectivity index (χ3n) is 2.31. The van der Waals surface area contributed by atoms with Crippen LogP contribution in [0.1, 0.15) is 12.5 Å². The highest BCUT2D eigenvalue weighted by Gasteiger charge is 2.07. The predicted molar refractivity (Wildman–Crippen MR) is 67.6 cm³/mol. The van der Waals surface area contributed by atoms with Crippen LogP contribution < -0.4 is 11.1 Å². The first-order valence-electron chi connectivity index (χ1n) is 4.90. The molecular weight excluding hydrogens is 222 g/mol. The number of nitrogens with two attached hydrogens (primary N) is 1. The Morgan fingerprint density at radius 2 is 2.31 bits per heavy atom. The molecule has 0 aromatic heterocycles. The largest absolute Gasteiger partial charge is 0.399 e. The van der Waals surface area contributed by atoms with Crippen molar-refractivity contribution in [1.82, 2.24) is 0 Å². The SMILES string of the molecule is CC(CNc1ccc(N)cc1C#N)S(C)=O. The van der Waals surface area contributed by atoms with E-state index in [1.165, 1.54) is 0 Å². The molecule has 0 fully saturated rings. The molecule has 5 heteroatoms. The first kappa shape index (κ1) is 12.5. The Hall–Kier alpha value is -1.54. The van der Waals surface area contributed by atoms with Crippen molar-refractivity contribution in [3.63, 3.8) is 0 Å². The molecular formula is C11H15N3OS. The molecule has 0 amide bonds. The molecule has 2 atom stereocenters. The molecule has 86 valence electrons. The number of nitriles is 1. The van der Waals surface area contributed by atoms with Gasteiger partial charge in [0.25, 0.3) is 0 Å². The van der Waals surface area contributed by atoms with E-state index >= 15 is 0 Å². The van der Waals surface area contributed by atoms with Gasteiger partial charge >= 0.3 is 0 Å². The third-order valence-corrected chi connectivity index (χ3v) is 3.61. The molecule has 0 spiro atoms. The molecule has 1 aromatic rings. The summed E-state index contributed by atoms with van der Waals surface area (Å²) in [5, 5.41) is 12.1. The van der Waals surface area contributed by atoms with Crippen molar-refractivity contribution >= 4 is 22.2 Å². The van der Waals surface area contributed by atoms with E-state index in [1.54, 1.807) is 24.5 Å². The second kappa shape index (κ2) is 5.52. The second-order valence-corrected chi connectivity index (χ2v) is 5.41. The summed E-state index contributed by atoms with van der Waals surface area (Å²) >= 11 is 0. The van der Waals surface area contributed by atoms with E-state index in [9.17, 15) is 4.21 Å². The summed E-state index contributed by atoms with van der Waals surface area (Å²) in [5.41, 5.74) is 7.38. The number of nitrogen functional groups attached to an aromatic ring is 1. The van der Waals surface area contributed by atoms with Crippen LogP contribution in [0.4, 0.5) is 11.4 Å². The fourth-order valence-electron chi connectivity index (χ4n) is 1.18. The Morgan fingerprint density at radius 1 is 1.62 bits per heavy atom. The monoisotopic (exact) mass is 237 g/mol. The minimum absolute atomic E-state index is 0.0455. The fourth-order valence-corrected chi connectivity index (χ4v) is 1.50. The van der Waals surface area contributed by atoms with Crippen molar-refractivity contribution < 1.29 is 4.21 Å². The molecule has 4 nitrogen and oxygen atoms in total. The van der Waals surface area contributed by atoms with Gasteiger partial charge in [-0.15, -0.1) is 0 Å². The number of nitrogens with zero attached hydrogens (tertiary/aromatic N) is 1. The highest BCUT2D eigenvalue weighted by molar-refractivity contribution is 7.84. The molecule has 16 heavy (non-hydrogen) atoms. The Morgan fingerprint density at radius 3 is 2.88 bits per heavy atom. The summed E-state index contributed by atoms with van der Waals surface area (Å²) in [7, 11) is -0.867. The Labute approximate surface area is 97.9 Å². The maximum atomic E-state index is 11.2. The van der Waals surface area contributed by atoms with Crippen molar-refractivity contribution in [3.05, 3.63) is 23.8 Å². The number of rotatable bonds is 4. The van der Waals surface area contributed by atoms with E-state index in [0.717, 1.165) is 5.69 Å². The normalized spacial score (nSPS) is 13.8. The summed E-state index contributed by atoms with van der Waals surface area (Å²) in [5.74, 6) is 0. The van der Waals surface area contributed by atoms with E-state index < -0.39 is 10.8 Å². The van der Waals surface area contributed by atoms with Gasteiger partial charge in [-0.1, -0.05) is 0 Å². The zero-order valence-electron chi connectivity index (χ0n) is 9.36. The van der Waals surface area contributed by atoms with Gasteiger partial charge in [-0.3, -0.25) is 4.21 Å². The highest BCUT2D eigenvalue weighted by Crippen LogP contribution is 2.17. The van der Waals surface area contributed by atoms with Gasteiger partial charge in [0.2, 0.25) is 0 Å². The molecule has 0 saturated heterocycles. The van der Waals surface area contributed by atoms with Crippen LogP contribution in [0.2, 0.25) is 0 Å². The van der Waals surface area contributed by atoms with Gasteiger partial charge in [-0.25, -0.2) is 0 Å². The van der Waals surface area contributed by atoms with Crippen molar-refractivity contribution in [1.29, 1.82) is 5.26 Å². The predicted octanol–water partition coefficient (Wildman–Crippen LogP) is 1.32. The lowest BCUT2D eigenvalue weighted by Gasteiger charge is -2.12. The summed E-state index contributed by atoms with van der Waals surface area (Å²) in [6.45, 7) is 2.47. The van der Waals surface area contributed by atoms with Crippen LogP contribution in [0.25, 0.3) is 0 Å². The van der Waals surface area contributed by atoms with Crippen molar-refractivity contribution in [3.8, 4) is 6.07 Å². The maximum absolute atomic E-state index is 11.2. The number of benzene rings is 1. The van der Waals surface area contributed by atoms with Crippen molar-refractivity contribution in [2.75, 3.05) is 23.9 Å². The molecule has 0 radical (unpaired) electrons. The third kappa shape index (κ3) is 3.24. The molecule has 3 N–H and O–H groups in total. The maximum Gasteiger partial charge on any atom is 0.101 e. The van der Waals surface area contributed by atoms with E-state index in [2.05, 4.69) is 11.4 Å². The fraction of sp³-hybridized carbons (Fsp3) is 0.364. The Bertz CT molecular complexity index is 439. The molecule has 0 saturated carbocycles. The lowest BCUT2D eigenvalue weighted by atomic mass is 10.1. The van der Waals surface area contributed by atoms with Crippen LogP contribution in [0.5, 0.6) is 0 Å². The van der Waals surface area contributed by atoms with Crippen LogP contribution >= 0.6 is 0 Å². The molecule has 1 rings (SSSR count). The van der Waals surface area contributed by atoms with E-state index in [-0.39, 0.29) is 5.25 Å². The van der Waals surface area contributed by atoms with Gasteiger partial charge in [-0.05, 0) is 25.1 Å². The zero-order valence-corrected chi connectivity index (χ0v) is 10.2. The number of nitrogens with one attached hydrogen (secondary N) is 1. The van der Waals surface area contributed by atoms with Gasteiger partial charge in [0.05, 0.1) is 11.3 Å². The van der Waals surface area contributed by atoms with Crippen molar-refractivity contribution in [2.45, 2.75) is 12.2 Å². The molecule has 0 aliphatic rings. The lowest BCUT2D eigenvalue weighted by molar-refractivity contribution is 0.679. The van der Waals surface area contributed by atoms with Gasteiger partial charge in [0, 0.05) is 34.5 Å². The van der Waals surface area contributed by atoms with E-state index in [4.69, 9.17) is 11.0 Å². The highest BCUT2D eigenvalue weighted by atomic mass is 32.2. The standard InChI is InChI=1S/C11H15N3OS/c1-8(16(2)15)7-14-11-4-3-10(13)5-9(11)6-12/h3-5,8,14H,7,13H2,1-2H3. The van der Waals surface area contributed by atoms with Gasteiger partial charge < -0.3 is 11.1 Å². The van der Waals surface area contributed by atoms with Crippen molar-refractivity contribution in [2.24, 2.45) is 0 Å². The van der Waals surface area contributed by atoms with Crippen LogP contribution in [-0.4, -0.2) is 22.3 Å². The Balaban J connectivity index is 2.75. The number of hydrogen-bond donors (Lipinski definition) is 2. The van der Waals surface area contributed by atoms with E-state index in [1.807, 2.05) is 6.92 Å². The summed E-state index contributed by atoms with van der Waals surface area (Å²) < 4.78 is 11.2. The van der Waals surface area contributed by atoms with E-state index in [0.29, 0.717) is 17.8 Å².